The van der Waals surface area contributed by atoms with Crippen LogP contribution < -0.4 is 4.89 Å². The minimum absolute atomic E-state index is 0.0667. The van der Waals surface area contributed by atoms with E-state index in [1.807, 2.05) is 27.2 Å². The van der Waals surface area contributed by atoms with Crippen molar-refractivity contribution >= 4 is 19.8 Å². The average Bonchev–Trinajstić information content (AvgIpc) is 3.43. The molecule has 13 heteroatoms. The lowest BCUT2D eigenvalue weighted by atomic mass is 9.88. The fourth-order valence-corrected chi connectivity index (χ4v) is 8.19. The highest BCUT2D eigenvalue weighted by Gasteiger charge is 2.39. The standard InChI is InChI=1S/C45H86NO11P/c1-6-8-10-11-12-13-14-15-16-17-18-19-20-25-29-44(50)54-36-39(37-56-58(52,53)55-34-33-46(3,4)5)57-45(51)30-26-22-21-24-28-40-41(43(49)35-42(40)48)32-31-38(47)27-23-9-7-2/h31-32,38-43,47-49H,6-30,33-37H2,1-5H3/b32-31+/t38-,39+,40+,41+,42-,43+/m0/s1. The van der Waals surface area contributed by atoms with Gasteiger partial charge in [-0.2, -0.15) is 0 Å². The van der Waals surface area contributed by atoms with Crippen molar-refractivity contribution in [3.8, 4) is 0 Å². The van der Waals surface area contributed by atoms with Crippen LogP contribution in [0.2, 0.25) is 0 Å². The summed E-state index contributed by atoms with van der Waals surface area (Å²) in [7, 11) is 1.04. The number of nitrogens with zero attached hydrogens (tertiary/aromatic N) is 1. The Hall–Kier alpha value is -1.37. The van der Waals surface area contributed by atoms with Crippen LogP contribution in [0.25, 0.3) is 0 Å². The predicted molar refractivity (Wildman–Crippen MR) is 229 cm³/mol. The molecule has 1 aliphatic carbocycles. The van der Waals surface area contributed by atoms with Crippen molar-refractivity contribution in [3.63, 3.8) is 0 Å². The van der Waals surface area contributed by atoms with E-state index in [9.17, 15) is 34.4 Å². The number of phosphoric ester groups is 1. The summed E-state index contributed by atoms with van der Waals surface area (Å²) >= 11 is 0. The molecule has 1 aliphatic rings. The van der Waals surface area contributed by atoms with Crippen molar-refractivity contribution < 1.29 is 57.4 Å². The molecular weight excluding hydrogens is 761 g/mol. The van der Waals surface area contributed by atoms with E-state index in [2.05, 4.69) is 13.8 Å². The molecule has 3 N–H and O–H groups in total. The van der Waals surface area contributed by atoms with Crippen LogP contribution >= 0.6 is 7.82 Å². The van der Waals surface area contributed by atoms with E-state index < -0.39 is 50.8 Å². The minimum atomic E-state index is -4.68. The highest BCUT2D eigenvalue weighted by molar-refractivity contribution is 7.45. The molecule has 1 rings (SSSR count). The van der Waals surface area contributed by atoms with Crippen LogP contribution in [0, 0.1) is 11.8 Å². The molecule has 0 aliphatic heterocycles. The van der Waals surface area contributed by atoms with E-state index in [0.717, 1.165) is 64.2 Å². The van der Waals surface area contributed by atoms with Gasteiger partial charge in [0.2, 0.25) is 0 Å². The Balaban J connectivity index is 2.46. The largest absolute Gasteiger partial charge is 0.756 e. The monoisotopic (exact) mass is 848 g/mol. The number of likely N-dealkylation sites (N-methyl/N-ethyl adjacent to an activating group) is 1. The first-order chi connectivity index (χ1) is 27.7. The number of aliphatic hydroxyl groups is 3. The van der Waals surface area contributed by atoms with E-state index in [1.54, 1.807) is 6.08 Å². The van der Waals surface area contributed by atoms with Gasteiger partial charge in [0.25, 0.3) is 7.82 Å². The molecule has 1 fully saturated rings. The van der Waals surface area contributed by atoms with Gasteiger partial charge in [0.15, 0.2) is 6.10 Å². The second-order valence-electron chi connectivity index (χ2n) is 17.7. The van der Waals surface area contributed by atoms with Crippen molar-refractivity contribution in [2.75, 3.05) is 47.5 Å². The molecule has 0 spiro atoms. The lowest BCUT2D eigenvalue weighted by molar-refractivity contribution is -0.870. The molecule has 0 aromatic carbocycles. The number of aliphatic hydroxyl groups excluding tert-OH is 3. The summed E-state index contributed by atoms with van der Waals surface area (Å²) in [6.45, 7) is 3.90. The molecule has 0 bridgehead atoms. The number of hydrogen-bond acceptors (Lipinski definition) is 11. The summed E-state index contributed by atoms with van der Waals surface area (Å²) in [5, 5.41) is 31.4. The first-order valence-electron chi connectivity index (χ1n) is 23.2. The van der Waals surface area contributed by atoms with Crippen LogP contribution in [0.1, 0.15) is 181 Å². The molecule has 0 aromatic rings. The molecule has 0 amide bonds. The fourth-order valence-electron chi connectivity index (χ4n) is 7.46. The number of rotatable bonds is 38. The molecular formula is C45H86NO11P. The summed E-state index contributed by atoms with van der Waals surface area (Å²) in [6, 6.07) is 0. The van der Waals surface area contributed by atoms with Crippen molar-refractivity contribution in [2.24, 2.45) is 11.8 Å². The quantitative estimate of drug-likeness (QED) is 0.0178. The van der Waals surface area contributed by atoms with Crippen molar-refractivity contribution in [3.05, 3.63) is 12.2 Å². The number of carbonyl (C=O) groups excluding carboxylic acids is 2. The van der Waals surface area contributed by atoms with Crippen LogP contribution in [-0.4, -0.2) is 104 Å². The number of ether oxygens (including phenoxy) is 2. The zero-order chi connectivity index (χ0) is 43.1. The third-order valence-corrected chi connectivity index (χ3v) is 12.1. The molecule has 12 nitrogen and oxygen atoms in total. The topological polar surface area (TPSA) is 172 Å². The van der Waals surface area contributed by atoms with E-state index in [4.69, 9.17) is 18.5 Å². The summed E-state index contributed by atoms with van der Waals surface area (Å²) in [4.78, 5) is 37.8. The Bertz CT molecular complexity index is 1120. The van der Waals surface area contributed by atoms with Gasteiger partial charge in [0.1, 0.15) is 19.8 Å². The molecule has 342 valence electrons. The Morgan fingerprint density at radius 3 is 1.81 bits per heavy atom. The van der Waals surface area contributed by atoms with E-state index in [1.165, 1.54) is 64.2 Å². The lowest BCUT2D eigenvalue weighted by Gasteiger charge is -2.28. The first-order valence-corrected chi connectivity index (χ1v) is 24.6. The summed E-state index contributed by atoms with van der Waals surface area (Å²) in [5.74, 6) is -1.26. The van der Waals surface area contributed by atoms with Crippen molar-refractivity contribution in [2.45, 2.75) is 205 Å². The van der Waals surface area contributed by atoms with Gasteiger partial charge in [-0.1, -0.05) is 148 Å². The maximum absolute atomic E-state index is 12.8. The van der Waals surface area contributed by atoms with Gasteiger partial charge in [-0.25, -0.2) is 0 Å². The summed E-state index contributed by atoms with van der Waals surface area (Å²) < 4.78 is 33.9. The SMILES string of the molecule is CCCCCCCCCCCCCCCCC(=O)OC[C@H](COP(=O)([O-])OCC[N+](C)(C)C)OC(=O)CCCCCC[C@@H]1[C@@H](/C=C/[C@@H](O)CCCCC)[C@H](O)C[C@@H]1O. The third kappa shape index (κ3) is 29.8. The van der Waals surface area contributed by atoms with Crippen LogP contribution in [0.4, 0.5) is 0 Å². The number of unbranched alkanes of at least 4 members (excludes halogenated alkanes) is 18. The molecule has 0 aromatic heterocycles. The van der Waals surface area contributed by atoms with Gasteiger partial charge < -0.3 is 43.2 Å². The molecule has 1 unspecified atom stereocenters. The van der Waals surface area contributed by atoms with Crippen molar-refractivity contribution in [1.82, 2.24) is 0 Å². The second-order valence-corrected chi connectivity index (χ2v) is 19.2. The smallest absolute Gasteiger partial charge is 0.306 e. The summed E-state index contributed by atoms with van der Waals surface area (Å²) in [5.41, 5.74) is 0. The molecule has 7 atom stereocenters. The average molecular weight is 848 g/mol. The highest BCUT2D eigenvalue weighted by atomic mass is 31.2. The molecule has 1 saturated carbocycles. The first kappa shape index (κ1) is 54.6. The number of phosphoric acid groups is 1. The van der Waals surface area contributed by atoms with Crippen LogP contribution in [0.3, 0.4) is 0 Å². The Kier molecular flexibility index (Phi) is 31.4. The number of esters is 2. The Morgan fingerprint density at radius 1 is 0.724 bits per heavy atom. The Morgan fingerprint density at radius 2 is 1.24 bits per heavy atom. The number of quaternary nitrogens is 1. The molecule has 0 heterocycles. The fraction of sp³-hybridized carbons (Fsp3) is 0.911. The van der Waals surface area contributed by atoms with Crippen LogP contribution in [0.15, 0.2) is 12.2 Å². The normalized spacial score (nSPS) is 20.6. The Labute approximate surface area is 353 Å². The van der Waals surface area contributed by atoms with Gasteiger partial charge in [-0.15, -0.1) is 0 Å². The van der Waals surface area contributed by atoms with Gasteiger partial charge in [-0.3, -0.25) is 14.2 Å². The summed E-state index contributed by atoms with van der Waals surface area (Å²) in [6.07, 6.45) is 25.8. The van der Waals surface area contributed by atoms with Gasteiger partial charge in [0, 0.05) is 25.2 Å². The maximum atomic E-state index is 12.8. The molecule has 0 radical (unpaired) electrons. The van der Waals surface area contributed by atoms with Crippen LogP contribution in [-0.2, 0) is 32.7 Å². The molecule has 58 heavy (non-hydrogen) atoms. The van der Waals surface area contributed by atoms with E-state index >= 15 is 0 Å². The molecule has 0 saturated heterocycles. The zero-order valence-corrected chi connectivity index (χ0v) is 38.2. The van der Waals surface area contributed by atoms with E-state index in [0.29, 0.717) is 36.7 Å². The van der Waals surface area contributed by atoms with Crippen molar-refractivity contribution in [1.29, 1.82) is 0 Å². The highest BCUT2D eigenvalue weighted by Crippen LogP contribution is 2.39. The number of carbonyl (C=O) groups is 2. The zero-order valence-electron chi connectivity index (χ0n) is 37.3. The lowest BCUT2D eigenvalue weighted by Crippen LogP contribution is -2.37. The maximum Gasteiger partial charge on any atom is 0.306 e. The second kappa shape index (κ2) is 33.3. The van der Waals surface area contributed by atoms with Gasteiger partial charge in [0.05, 0.1) is 46.1 Å². The number of hydrogen-bond donors (Lipinski definition) is 3. The van der Waals surface area contributed by atoms with E-state index in [-0.39, 0.29) is 37.9 Å². The predicted octanol–water partition coefficient (Wildman–Crippen LogP) is 8.72. The van der Waals surface area contributed by atoms with Gasteiger partial charge >= 0.3 is 11.9 Å². The third-order valence-electron chi connectivity index (χ3n) is 11.1. The minimum Gasteiger partial charge on any atom is -0.756 e. The van der Waals surface area contributed by atoms with Crippen LogP contribution in [0.5, 0.6) is 0 Å². The van der Waals surface area contributed by atoms with Gasteiger partial charge in [-0.05, 0) is 31.6 Å².